The molecule has 2 aromatic rings. The first-order valence-corrected chi connectivity index (χ1v) is 7.77. The molecule has 20 heavy (non-hydrogen) atoms. The van der Waals surface area contributed by atoms with Gasteiger partial charge in [0.2, 0.25) is 0 Å². The summed E-state index contributed by atoms with van der Waals surface area (Å²) in [5.74, 6) is 0. The quantitative estimate of drug-likeness (QED) is 0.744. The maximum atomic E-state index is 5.56. The summed E-state index contributed by atoms with van der Waals surface area (Å²) in [6.45, 7) is 5.37. The molecule has 0 aliphatic carbocycles. The lowest BCUT2D eigenvalue weighted by Crippen LogP contribution is -2.19. The molecule has 1 N–H and O–H groups in total. The summed E-state index contributed by atoms with van der Waals surface area (Å²) in [5.41, 5.74) is 2.58. The predicted molar refractivity (Wildman–Crippen MR) is 87.1 cm³/mol. The number of nitrogens with one attached hydrogen (secondary N) is 1. The largest absolute Gasteiger partial charge is 0.376 e. The molecule has 106 valence electrons. The Hall–Kier alpha value is -1.42. The maximum Gasteiger partial charge on any atom is 0.0651 e. The normalized spacial score (nSPS) is 11.2. The van der Waals surface area contributed by atoms with Crippen molar-refractivity contribution in [1.29, 1.82) is 0 Å². The lowest BCUT2D eigenvalue weighted by molar-refractivity contribution is 0.164. The van der Waals surface area contributed by atoms with Gasteiger partial charge in [-0.25, -0.2) is 0 Å². The molecule has 0 saturated heterocycles. The molecule has 2 rings (SSSR count). The van der Waals surface area contributed by atoms with Crippen molar-refractivity contribution in [3.63, 3.8) is 0 Å². The standard InChI is InChI=1S/C17H21NOS/c1-15-9-13-20-17(15)14-18-10-12-19-11-5-8-16-6-3-2-4-7-16/h2-9,13,18H,10-12,14H2,1H3. The van der Waals surface area contributed by atoms with Crippen LogP contribution in [0.4, 0.5) is 0 Å². The minimum atomic E-state index is 0.661. The van der Waals surface area contributed by atoms with Crippen molar-refractivity contribution in [3.05, 3.63) is 63.9 Å². The number of hydrogen-bond donors (Lipinski definition) is 1. The van der Waals surface area contributed by atoms with Crippen molar-refractivity contribution in [2.45, 2.75) is 13.5 Å². The van der Waals surface area contributed by atoms with E-state index in [0.29, 0.717) is 6.61 Å². The van der Waals surface area contributed by atoms with Gasteiger partial charge >= 0.3 is 0 Å². The topological polar surface area (TPSA) is 21.3 Å². The van der Waals surface area contributed by atoms with Crippen LogP contribution in [-0.2, 0) is 11.3 Å². The molecule has 0 amide bonds. The molecule has 0 atom stereocenters. The Kier molecular flexibility index (Phi) is 6.51. The second-order valence-electron chi connectivity index (χ2n) is 4.59. The van der Waals surface area contributed by atoms with Crippen LogP contribution < -0.4 is 5.32 Å². The van der Waals surface area contributed by atoms with Gasteiger partial charge in [-0.3, -0.25) is 0 Å². The highest BCUT2D eigenvalue weighted by Crippen LogP contribution is 2.14. The maximum absolute atomic E-state index is 5.56. The molecule has 1 aromatic heterocycles. The Morgan fingerprint density at radius 1 is 1.20 bits per heavy atom. The number of rotatable bonds is 8. The highest BCUT2D eigenvalue weighted by molar-refractivity contribution is 7.10. The Bertz CT molecular complexity index is 519. The Labute approximate surface area is 125 Å². The first-order chi connectivity index (χ1) is 9.86. The minimum absolute atomic E-state index is 0.661. The molecule has 0 unspecified atom stereocenters. The van der Waals surface area contributed by atoms with Gasteiger partial charge < -0.3 is 10.1 Å². The molecule has 0 radical (unpaired) electrons. The van der Waals surface area contributed by atoms with Gasteiger partial charge in [0.1, 0.15) is 0 Å². The van der Waals surface area contributed by atoms with E-state index in [9.17, 15) is 0 Å². The average Bonchev–Trinajstić information content (AvgIpc) is 2.88. The lowest BCUT2D eigenvalue weighted by Gasteiger charge is -2.04. The molecular weight excluding hydrogens is 266 g/mol. The third kappa shape index (κ3) is 5.29. The first kappa shape index (κ1) is 15.0. The van der Waals surface area contributed by atoms with E-state index in [-0.39, 0.29) is 0 Å². The zero-order valence-corrected chi connectivity index (χ0v) is 12.7. The summed E-state index contributed by atoms with van der Waals surface area (Å²) in [6, 6.07) is 12.4. The monoisotopic (exact) mass is 287 g/mol. The fourth-order valence-corrected chi connectivity index (χ4v) is 2.71. The van der Waals surface area contributed by atoms with Crippen LogP contribution in [0.25, 0.3) is 6.08 Å². The Balaban J connectivity index is 1.52. The van der Waals surface area contributed by atoms with Crippen LogP contribution in [-0.4, -0.2) is 19.8 Å². The minimum Gasteiger partial charge on any atom is -0.376 e. The van der Waals surface area contributed by atoms with E-state index in [1.807, 2.05) is 18.2 Å². The van der Waals surface area contributed by atoms with Crippen molar-refractivity contribution >= 4 is 17.4 Å². The van der Waals surface area contributed by atoms with Crippen LogP contribution in [0.1, 0.15) is 16.0 Å². The molecule has 1 aromatic carbocycles. The van der Waals surface area contributed by atoms with Gasteiger partial charge in [0.25, 0.3) is 0 Å². The lowest BCUT2D eigenvalue weighted by atomic mass is 10.2. The van der Waals surface area contributed by atoms with Gasteiger partial charge in [0.15, 0.2) is 0 Å². The first-order valence-electron chi connectivity index (χ1n) is 6.89. The summed E-state index contributed by atoms with van der Waals surface area (Å²) in [7, 11) is 0. The average molecular weight is 287 g/mol. The van der Waals surface area contributed by atoms with Gasteiger partial charge in [-0.05, 0) is 29.5 Å². The number of thiophene rings is 1. The second kappa shape index (κ2) is 8.69. The number of hydrogen-bond acceptors (Lipinski definition) is 3. The molecule has 0 bridgehead atoms. The van der Waals surface area contributed by atoms with E-state index in [1.54, 1.807) is 11.3 Å². The zero-order chi connectivity index (χ0) is 14.0. The van der Waals surface area contributed by atoms with Gasteiger partial charge in [0, 0.05) is 18.0 Å². The summed E-state index contributed by atoms with van der Waals surface area (Å²) >= 11 is 1.80. The fourth-order valence-electron chi connectivity index (χ4n) is 1.83. The molecule has 1 heterocycles. The van der Waals surface area contributed by atoms with Crippen molar-refractivity contribution in [2.24, 2.45) is 0 Å². The molecule has 0 spiro atoms. The van der Waals surface area contributed by atoms with Crippen molar-refractivity contribution in [1.82, 2.24) is 5.32 Å². The number of benzene rings is 1. The van der Waals surface area contributed by atoms with Crippen molar-refractivity contribution < 1.29 is 4.74 Å². The highest BCUT2D eigenvalue weighted by Gasteiger charge is 1.97. The second-order valence-corrected chi connectivity index (χ2v) is 5.59. The molecule has 0 aliphatic rings. The van der Waals surface area contributed by atoms with E-state index in [1.165, 1.54) is 16.0 Å². The highest BCUT2D eigenvalue weighted by atomic mass is 32.1. The summed E-state index contributed by atoms with van der Waals surface area (Å²) < 4.78 is 5.56. The van der Waals surface area contributed by atoms with E-state index >= 15 is 0 Å². The smallest absolute Gasteiger partial charge is 0.0651 e. The summed E-state index contributed by atoms with van der Waals surface area (Å²) in [4.78, 5) is 1.41. The van der Waals surface area contributed by atoms with Crippen LogP contribution in [0.2, 0.25) is 0 Å². The van der Waals surface area contributed by atoms with Crippen LogP contribution in [0, 0.1) is 6.92 Å². The predicted octanol–water partition coefficient (Wildman–Crippen LogP) is 3.88. The third-order valence-electron chi connectivity index (χ3n) is 3.00. The van der Waals surface area contributed by atoms with E-state index < -0.39 is 0 Å². The van der Waals surface area contributed by atoms with Crippen LogP contribution in [0.5, 0.6) is 0 Å². The molecule has 0 fully saturated rings. The number of ether oxygens (including phenoxy) is 1. The van der Waals surface area contributed by atoms with Crippen LogP contribution in [0.3, 0.4) is 0 Å². The van der Waals surface area contributed by atoms with Crippen molar-refractivity contribution in [3.8, 4) is 0 Å². The van der Waals surface area contributed by atoms with E-state index in [4.69, 9.17) is 4.74 Å². The third-order valence-corrected chi connectivity index (χ3v) is 4.02. The van der Waals surface area contributed by atoms with E-state index in [0.717, 1.165) is 19.7 Å². The van der Waals surface area contributed by atoms with Gasteiger partial charge in [-0.2, -0.15) is 0 Å². The van der Waals surface area contributed by atoms with Crippen molar-refractivity contribution in [2.75, 3.05) is 19.8 Å². The molecule has 2 nitrogen and oxygen atoms in total. The molecular formula is C17H21NOS. The molecule has 0 aliphatic heterocycles. The van der Waals surface area contributed by atoms with Crippen LogP contribution in [0.15, 0.2) is 47.9 Å². The SMILES string of the molecule is Cc1ccsc1CNCCOCC=Cc1ccccc1. The zero-order valence-electron chi connectivity index (χ0n) is 11.8. The summed E-state index contributed by atoms with van der Waals surface area (Å²) in [5, 5.41) is 5.53. The number of aryl methyl sites for hydroxylation is 1. The fraction of sp³-hybridized carbons (Fsp3) is 0.294. The van der Waals surface area contributed by atoms with Gasteiger partial charge in [-0.15, -0.1) is 11.3 Å². The Morgan fingerprint density at radius 2 is 2.05 bits per heavy atom. The van der Waals surface area contributed by atoms with Gasteiger partial charge in [0.05, 0.1) is 13.2 Å². The van der Waals surface area contributed by atoms with E-state index in [2.05, 4.69) is 48.0 Å². The summed E-state index contributed by atoms with van der Waals surface area (Å²) in [6.07, 6.45) is 4.14. The molecule has 0 saturated carbocycles. The molecule has 3 heteroatoms. The Morgan fingerprint density at radius 3 is 2.80 bits per heavy atom. The van der Waals surface area contributed by atoms with Crippen LogP contribution >= 0.6 is 11.3 Å². The van der Waals surface area contributed by atoms with Gasteiger partial charge in [-0.1, -0.05) is 42.5 Å².